The average Bonchev–Trinajstić information content (AvgIpc) is 3.02. The van der Waals surface area contributed by atoms with Gasteiger partial charge in [-0.25, -0.2) is 0 Å². The van der Waals surface area contributed by atoms with Crippen LogP contribution in [0.1, 0.15) is 56.2 Å². The van der Waals surface area contributed by atoms with E-state index in [1.54, 1.807) is 4.80 Å². The molecule has 0 saturated carbocycles. The zero-order valence-corrected chi connectivity index (χ0v) is 15.0. The van der Waals surface area contributed by atoms with E-state index in [2.05, 4.69) is 57.2 Å². The first-order valence-electron chi connectivity index (χ1n) is 9.17. The van der Waals surface area contributed by atoms with Crippen LogP contribution in [-0.2, 0) is 12.8 Å². The number of benzene rings is 2. The van der Waals surface area contributed by atoms with E-state index in [9.17, 15) is 0 Å². The maximum atomic E-state index is 4.85. The van der Waals surface area contributed by atoms with Crippen LogP contribution in [0.2, 0.25) is 0 Å². The zero-order chi connectivity index (χ0) is 16.9. The lowest BCUT2D eigenvalue weighted by Gasteiger charge is -2.09. The Morgan fingerprint density at radius 2 is 1.71 bits per heavy atom. The molecule has 3 aromatic rings. The van der Waals surface area contributed by atoms with E-state index < -0.39 is 0 Å². The second-order valence-electron chi connectivity index (χ2n) is 6.61. The second-order valence-corrected chi connectivity index (χ2v) is 6.61. The standard InChI is InChI=1S/C21H27N3/c1-4-6-10-17-13-14-20-21(19(17)12-7-5-2)23-24(22-20)18-11-8-9-16(3)15-18/h8-9,11,13-15H,4-7,10,12H2,1-3H3. The number of aromatic nitrogens is 3. The molecule has 0 N–H and O–H groups in total. The van der Waals surface area contributed by atoms with Gasteiger partial charge in [-0.15, -0.1) is 10.2 Å². The largest absolute Gasteiger partial charge is 0.150 e. The summed E-state index contributed by atoms with van der Waals surface area (Å²) in [5.41, 5.74) is 7.20. The Labute approximate surface area is 144 Å². The van der Waals surface area contributed by atoms with E-state index in [0.717, 1.165) is 29.6 Å². The molecule has 0 radical (unpaired) electrons. The van der Waals surface area contributed by atoms with Gasteiger partial charge in [0, 0.05) is 0 Å². The van der Waals surface area contributed by atoms with Crippen molar-refractivity contribution < 1.29 is 0 Å². The topological polar surface area (TPSA) is 30.7 Å². The van der Waals surface area contributed by atoms with E-state index in [4.69, 9.17) is 10.2 Å². The molecule has 2 aromatic carbocycles. The van der Waals surface area contributed by atoms with Crippen LogP contribution < -0.4 is 0 Å². The summed E-state index contributed by atoms with van der Waals surface area (Å²) in [6.45, 7) is 6.59. The van der Waals surface area contributed by atoms with Crippen molar-refractivity contribution in [1.29, 1.82) is 0 Å². The van der Waals surface area contributed by atoms with Crippen molar-refractivity contribution in [3.8, 4) is 5.69 Å². The third kappa shape index (κ3) is 3.50. The molecular formula is C21H27N3. The third-order valence-corrected chi connectivity index (χ3v) is 4.57. The average molecular weight is 321 g/mol. The highest BCUT2D eigenvalue weighted by Crippen LogP contribution is 2.24. The molecule has 0 unspecified atom stereocenters. The van der Waals surface area contributed by atoms with Crippen LogP contribution in [0.4, 0.5) is 0 Å². The zero-order valence-electron chi connectivity index (χ0n) is 15.0. The van der Waals surface area contributed by atoms with Gasteiger partial charge in [-0.1, -0.05) is 44.9 Å². The lowest BCUT2D eigenvalue weighted by molar-refractivity contribution is 0.751. The smallest absolute Gasteiger partial charge is 0.117 e. The summed E-state index contributed by atoms with van der Waals surface area (Å²) < 4.78 is 0. The molecule has 0 amide bonds. The molecule has 3 nitrogen and oxygen atoms in total. The lowest BCUT2D eigenvalue weighted by atomic mass is 9.96. The third-order valence-electron chi connectivity index (χ3n) is 4.57. The monoisotopic (exact) mass is 321 g/mol. The van der Waals surface area contributed by atoms with Crippen LogP contribution in [-0.4, -0.2) is 15.0 Å². The fraction of sp³-hybridized carbons (Fsp3) is 0.429. The molecule has 0 bridgehead atoms. The van der Waals surface area contributed by atoms with Gasteiger partial charge in [-0.3, -0.25) is 0 Å². The maximum Gasteiger partial charge on any atom is 0.117 e. The minimum absolute atomic E-state index is 1.00. The Hall–Kier alpha value is -2.16. The molecule has 1 heterocycles. The molecule has 126 valence electrons. The molecule has 1 aromatic heterocycles. The van der Waals surface area contributed by atoms with Gasteiger partial charge >= 0.3 is 0 Å². The predicted molar refractivity (Wildman–Crippen MR) is 101 cm³/mol. The highest BCUT2D eigenvalue weighted by atomic mass is 15.5. The lowest BCUT2D eigenvalue weighted by Crippen LogP contribution is -1.99. The Morgan fingerprint density at radius 1 is 0.917 bits per heavy atom. The minimum Gasteiger partial charge on any atom is -0.150 e. The van der Waals surface area contributed by atoms with Crippen LogP contribution in [0.5, 0.6) is 0 Å². The quantitative estimate of drug-likeness (QED) is 0.582. The Balaban J connectivity index is 2.06. The van der Waals surface area contributed by atoms with E-state index in [1.165, 1.54) is 42.4 Å². The Bertz CT molecular complexity index is 817. The van der Waals surface area contributed by atoms with Gasteiger partial charge < -0.3 is 0 Å². The number of fused-ring (bicyclic) bond motifs is 1. The van der Waals surface area contributed by atoms with Crippen LogP contribution in [0.25, 0.3) is 16.7 Å². The van der Waals surface area contributed by atoms with Crippen molar-refractivity contribution in [2.75, 3.05) is 0 Å². The van der Waals surface area contributed by atoms with Gasteiger partial charge in [0.25, 0.3) is 0 Å². The molecule has 0 aliphatic rings. The summed E-state index contributed by atoms with van der Waals surface area (Å²) in [7, 11) is 0. The Kier molecular flexibility index (Phi) is 5.29. The van der Waals surface area contributed by atoms with Gasteiger partial charge in [0.15, 0.2) is 0 Å². The van der Waals surface area contributed by atoms with Gasteiger partial charge in [0.1, 0.15) is 11.0 Å². The SMILES string of the molecule is CCCCc1ccc2nn(-c3cccc(C)c3)nc2c1CCCC. The first-order chi connectivity index (χ1) is 11.7. The summed E-state index contributed by atoms with van der Waals surface area (Å²) in [4.78, 5) is 1.79. The molecule has 24 heavy (non-hydrogen) atoms. The van der Waals surface area contributed by atoms with Crippen molar-refractivity contribution in [1.82, 2.24) is 15.0 Å². The minimum atomic E-state index is 1.00. The highest BCUT2D eigenvalue weighted by molar-refractivity contribution is 5.79. The van der Waals surface area contributed by atoms with E-state index in [0.29, 0.717) is 0 Å². The number of hydrogen-bond donors (Lipinski definition) is 0. The van der Waals surface area contributed by atoms with Crippen LogP contribution in [0.3, 0.4) is 0 Å². The number of rotatable bonds is 7. The summed E-state index contributed by atoms with van der Waals surface area (Å²) >= 11 is 0. The molecule has 0 atom stereocenters. The number of unbranched alkanes of at least 4 members (excludes halogenated alkanes) is 2. The molecule has 3 heteroatoms. The molecule has 0 aliphatic heterocycles. The molecule has 0 saturated heterocycles. The van der Waals surface area contributed by atoms with Crippen LogP contribution in [0, 0.1) is 6.92 Å². The first kappa shape index (κ1) is 16.7. The molecule has 0 aliphatic carbocycles. The van der Waals surface area contributed by atoms with Gasteiger partial charge in [0.05, 0.1) is 5.69 Å². The number of aryl methyl sites for hydroxylation is 3. The fourth-order valence-electron chi connectivity index (χ4n) is 3.18. The van der Waals surface area contributed by atoms with Crippen molar-refractivity contribution in [3.63, 3.8) is 0 Å². The second kappa shape index (κ2) is 7.61. The van der Waals surface area contributed by atoms with Gasteiger partial charge in [-0.2, -0.15) is 4.80 Å². The predicted octanol–water partition coefficient (Wildman–Crippen LogP) is 5.41. The summed E-state index contributed by atoms with van der Waals surface area (Å²) in [5.74, 6) is 0. The normalized spacial score (nSPS) is 11.3. The van der Waals surface area contributed by atoms with Gasteiger partial charge in [-0.05, 0) is 67.5 Å². The highest BCUT2D eigenvalue weighted by Gasteiger charge is 2.13. The fourth-order valence-corrected chi connectivity index (χ4v) is 3.18. The number of nitrogens with zero attached hydrogens (tertiary/aromatic N) is 3. The van der Waals surface area contributed by atoms with Gasteiger partial charge in [0.2, 0.25) is 0 Å². The molecule has 0 fully saturated rings. The van der Waals surface area contributed by atoms with E-state index in [1.807, 2.05) is 0 Å². The van der Waals surface area contributed by atoms with Crippen LogP contribution >= 0.6 is 0 Å². The molecule has 0 spiro atoms. The summed E-state index contributed by atoms with van der Waals surface area (Å²) in [6, 6.07) is 12.7. The van der Waals surface area contributed by atoms with Crippen molar-refractivity contribution >= 4 is 11.0 Å². The van der Waals surface area contributed by atoms with E-state index in [-0.39, 0.29) is 0 Å². The van der Waals surface area contributed by atoms with Crippen molar-refractivity contribution in [2.24, 2.45) is 0 Å². The van der Waals surface area contributed by atoms with Crippen molar-refractivity contribution in [3.05, 3.63) is 53.1 Å². The number of hydrogen-bond acceptors (Lipinski definition) is 2. The van der Waals surface area contributed by atoms with Crippen molar-refractivity contribution in [2.45, 2.75) is 59.3 Å². The first-order valence-corrected chi connectivity index (χ1v) is 9.17. The summed E-state index contributed by atoms with van der Waals surface area (Å²) in [5, 5.41) is 9.57. The van der Waals surface area contributed by atoms with Crippen LogP contribution in [0.15, 0.2) is 36.4 Å². The maximum absolute atomic E-state index is 4.85. The summed E-state index contributed by atoms with van der Waals surface area (Å²) in [6.07, 6.45) is 7.10. The molecular weight excluding hydrogens is 294 g/mol. The molecule has 3 rings (SSSR count). The Morgan fingerprint density at radius 3 is 2.46 bits per heavy atom. The van der Waals surface area contributed by atoms with E-state index >= 15 is 0 Å².